The number of nitrogens with two attached hydrogens (primary N) is 1. The first-order chi connectivity index (χ1) is 10.7. The van der Waals surface area contributed by atoms with Gasteiger partial charge in [0, 0.05) is 5.69 Å². The molecule has 0 atom stereocenters. The molecule has 0 aromatic heterocycles. The van der Waals surface area contributed by atoms with Crippen molar-refractivity contribution in [2.75, 3.05) is 12.8 Å². The first-order valence-corrected chi connectivity index (χ1v) is 7.47. The lowest BCUT2D eigenvalue weighted by molar-refractivity contribution is 0.0600. The smallest absolute Gasteiger partial charge is 0.337 e. The normalized spacial score (nSPS) is 13.8. The SMILES string of the molecule is COC(=O)c1ccc2c(c1)CCCC=C2c1ccc(N)cc1. The van der Waals surface area contributed by atoms with Crippen molar-refractivity contribution in [2.24, 2.45) is 0 Å². The van der Waals surface area contributed by atoms with E-state index in [1.54, 1.807) is 0 Å². The molecule has 0 heterocycles. The van der Waals surface area contributed by atoms with Crippen molar-refractivity contribution < 1.29 is 9.53 Å². The first kappa shape index (κ1) is 14.4. The lowest BCUT2D eigenvalue weighted by Gasteiger charge is -2.13. The second-order valence-corrected chi connectivity index (χ2v) is 5.50. The molecule has 1 aliphatic rings. The molecule has 0 fully saturated rings. The van der Waals surface area contributed by atoms with Crippen LogP contribution in [0.3, 0.4) is 0 Å². The predicted molar refractivity (Wildman–Crippen MR) is 88.7 cm³/mol. The van der Waals surface area contributed by atoms with Crippen LogP contribution in [0.4, 0.5) is 5.69 Å². The average molecular weight is 293 g/mol. The second-order valence-electron chi connectivity index (χ2n) is 5.50. The number of ether oxygens (including phenoxy) is 1. The van der Waals surface area contributed by atoms with Crippen LogP contribution in [0.15, 0.2) is 48.5 Å². The van der Waals surface area contributed by atoms with Gasteiger partial charge in [-0.2, -0.15) is 0 Å². The zero-order valence-electron chi connectivity index (χ0n) is 12.6. The zero-order valence-corrected chi connectivity index (χ0v) is 12.6. The molecule has 1 aliphatic carbocycles. The quantitative estimate of drug-likeness (QED) is 0.676. The fourth-order valence-electron chi connectivity index (χ4n) is 2.89. The van der Waals surface area contributed by atoms with Crippen molar-refractivity contribution in [3.05, 3.63) is 70.8 Å². The molecule has 3 rings (SSSR count). The van der Waals surface area contributed by atoms with Crippen LogP contribution in [0.1, 0.15) is 39.9 Å². The van der Waals surface area contributed by atoms with E-state index in [-0.39, 0.29) is 5.97 Å². The molecule has 0 spiro atoms. The number of benzene rings is 2. The van der Waals surface area contributed by atoms with Crippen molar-refractivity contribution in [2.45, 2.75) is 19.3 Å². The summed E-state index contributed by atoms with van der Waals surface area (Å²) in [4.78, 5) is 11.7. The number of rotatable bonds is 2. The van der Waals surface area contributed by atoms with E-state index < -0.39 is 0 Å². The zero-order chi connectivity index (χ0) is 15.5. The Kier molecular flexibility index (Phi) is 3.96. The molecule has 0 saturated carbocycles. The van der Waals surface area contributed by atoms with Crippen molar-refractivity contribution in [1.29, 1.82) is 0 Å². The molecule has 2 aromatic rings. The van der Waals surface area contributed by atoms with Crippen LogP contribution in [0.2, 0.25) is 0 Å². The van der Waals surface area contributed by atoms with Crippen molar-refractivity contribution in [3.63, 3.8) is 0 Å². The third kappa shape index (κ3) is 2.75. The van der Waals surface area contributed by atoms with Crippen LogP contribution in [0.5, 0.6) is 0 Å². The van der Waals surface area contributed by atoms with Gasteiger partial charge in [0.25, 0.3) is 0 Å². The number of nitrogen functional groups attached to an aromatic ring is 1. The Morgan fingerprint density at radius 3 is 2.64 bits per heavy atom. The highest BCUT2D eigenvalue weighted by Crippen LogP contribution is 2.32. The van der Waals surface area contributed by atoms with Gasteiger partial charge in [-0.15, -0.1) is 0 Å². The van der Waals surface area contributed by atoms with Gasteiger partial charge < -0.3 is 10.5 Å². The predicted octanol–water partition coefficient (Wildman–Crippen LogP) is 3.82. The molecular formula is C19H19NO2. The number of aryl methyl sites for hydroxylation is 1. The van der Waals surface area contributed by atoms with E-state index in [0.717, 1.165) is 30.5 Å². The van der Waals surface area contributed by atoms with Gasteiger partial charge in [0.2, 0.25) is 0 Å². The molecular weight excluding hydrogens is 274 g/mol. The third-order valence-corrected chi connectivity index (χ3v) is 4.04. The number of hydrogen-bond acceptors (Lipinski definition) is 3. The summed E-state index contributed by atoms with van der Waals surface area (Å²) in [6.07, 6.45) is 5.35. The number of carbonyl (C=O) groups is 1. The molecule has 0 amide bonds. The van der Waals surface area contributed by atoms with Gasteiger partial charge in [-0.05, 0) is 65.8 Å². The summed E-state index contributed by atoms with van der Waals surface area (Å²) >= 11 is 0. The van der Waals surface area contributed by atoms with Crippen LogP contribution >= 0.6 is 0 Å². The lowest BCUT2D eigenvalue weighted by atomic mass is 9.92. The topological polar surface area (TPSA) is 52.3 Å². The lowest BCUT2D eigenvalue weighted by Crippen LogP contribution is -2.03. The molecule has 3 nitrogen and oxygen atoms in total. The van der Waals surface area contributed by atoms with E-state index in [0.29, 0.717) is 5.56 Å². The maximum absolute atomic E-state index is 11.7. The summed E-state index contributed by atoms with van der Waals surface area (Å²) in [6.45, 7) is 0. The highest BCUT2D eigenvalue weighted by molar-refractivity contribution is 5.91. The van der Waals surface area contributed by atoms with E-state index in [1.165, 1.54) is 23.8 Å². The number of allylic oxidation sites excluding steroid dienone is 1. The largest absolute Gasteiger partial charge is 0.465 e. The Hall–Kier alpha value is -2.55. The van der Waals surface area contributed by atoms with E-state index >= 15 is 0 Å². The monoisotopic (exact) mass is 293 g/mol. The van der Waals surface area contributed by atoms with E-state index in [2.05, 4.69) is 6.08 Å². The molecule has 0 bridgehead atoms. The fraction of sp³-hybridized carbons (Fsp3) is 0.211. The Morgan fingerprint density at radius 1 is 1.14 bits per heavy atom. The Bertz CT molecular complexity index is 730. The first-order valence-electron chi connectivity index (χ1n) is 7.47. The fourth-order valence-corrected chi connectivity index (χ4v) is 2.89. The number of hydrogen-bond donors (Lipinski definition) is 1. The molecule has 0 saturated heterocycles. The van der Waals surface area contributed by atoms with Crippen LogP contribution < -0.4 is 5.73 Å². The van der Waals surface area contributed by atoms with Gasteiger partial charge in [-0.3, -0.25) is 0 Å². The van der Waals surface area contributed by atoms with Crippen LogP contribution in [0, 0.1) is 0 Å². The molecule has 2 N–H and O–H groups in total. The highest BCUT2D eigenvalue weighted by Gasteiger charge is 2.15. The van der Waals surface area contributed by atoms with Gasteiger partial charge in [0.1, 0.15) is 0 Å². The van der Waals surface area contributed by atoms with Crippen LogP contribution in [-0.4, -0.2) is 13.1 Å². The number of fused-ring (bicyclic) bond motifs is 1. The average Bonchev–Trinajstić information content (AvgIpc) is 2.76. The van der Waals surface area contributed by atoms with E-state index in [1.807, 2.05) is 42.5 Å². The number of methoxy groups -OCH3 is 1. The summed E-state index contributed by atoms with van der Waals surface area (Å²) in [6, 6.07) is 13.7. The van der Waals surface area contributed by atoms with Crippen LogP contribution in [-0.2, 0) is 11.2 Å². The van der Waals surface area contributed by atoms with Gasteiger partial charge in [0.15, 0.2) is 0 Å². The van der Waals surface area contributed by atoms with Crippen molar-refractivity contribution >= 4 is 17.2 Å². The highest BCUT2D eigenvalue weighted by atomic mass is 16.5. The van der Waals surface area contributed by atoms with E-state index in [4.69, 9.17) is 10.5 Å². The summed E-state index contributed by atoms with van der Waals surface area (Å²) < 4.78 is 4.82. The Balaban J connectivity index is 2.06. The van der Waals surface area contributed by atoms with Crippen LogP contribution in [0.25, 0.3) is 5.57 Å². The standard InChI is InChI=1S/C19H19NO2/c1-22-19(21)15-8-11-18-14(12-15)4-2-3-5-17(18)13-6-9-16(20)10-7-13/h5-12H,2-4,20H2,1H3. The molecule has 2 aromatic carbocycles. The van der Waals surface area contributed by atoms with Gasteiger partial charge in [-0.1, -0.05) is 24.3 Å². The van der Waals surface area contributed by atoms with Gasteiger partial charge in [0.05, 0.1) is 12.7 Å². The third-order valence-electron chi connectivity index (χ3n) is 4.04. The molecule has 0 aliphatic heterocycles. The maximum atomic E-state index is 11.7. The maximum Gasteiger partial charge on any atom is 0.337 e. The minimum Gasteiger partial charge on any atom is -0.465 e. The molecule has 0 unspecified atom stereocenters. The molecule has 112 valence electrons. The molecule has 3 heteroatoms. The Morgan fingerprint density at radius 2 is 1.91 bits per heavy atom. The minimum absolute atomic E-state index is 0.287. The number of anilines is 1. The second kappa shape index (κ2) is 6.06. The van der Waals surface area contributed by atoms with Gasteiger partial charge in [-0.25, -0.2) is 4.79 Å². The summed E-state index contributed by atoms with van der Waals surface area (Å²) in [5, 5.41) is 0. The molecule has 22 heavy (non-hydrogen) atoms. The summed E-state index contributed by atoms with van der Waals surface area (Å²) in [7, 11) is 1.41. The summed E-state index contributed by atoms with van der Waals surface area (Å²) in [5.74, 6) is -0.287. The number of esters is 1. The van der Waals surface area contributed by atoms with Crippen molar-refractivity contribution in [1.82, 2.24) is 0 Å². The minimum atomic E-state index is -0.287. The summed E-state index contributed by atoms with van der Waals surface area (Å²) in [5.41, 5.74) is 11.9. The van der Waals surface area contributed by atoms with Gasteiger partial charge >= 0.3 is 5.97 Å². The Labute approximate surface area is 130 Å². The van der Waals surface area contributed by atoms with Crippen molar-refractivity contribution in [3.8, 4) is 0 Å². The van der Waals surface area contributed by atoms with E-state index in [9.17, 15) is 4.79 Å². The molecule has 0 radical (unpaired) electrons. The number of carbonyl (C=O) groups excluding carboxylic acids is 1.